The smallest absolute Gasteiger partial charge is 0.350 e. The highest BCUT2D eigenvalue weighted by Gasteiger charge is 2.19. The molecule has 0 unspecified atom stereocenters. The Labute approximate surface area is 156 Å². The molecule has 0 aliphatic rings. The first-order valence-corrected chi connectivity index (χ1v) is 8.78. The van der Waals surface area contributed by atoms with Gasteiger partial charge in [0.05, 0.1) is 26.5 Å². The summed E-state index contributed by atoms with van der Waals surface area (Å²) in [7, 11) is 4.88. The van der Waals surface area contributed by atoms with E-state index in [1.165, 1.54) is 11.3 Å². The van der Waals surface area contributed by atoms with Crippen LogP contribution in [0.1, 0.15) is 16.6 Å². The molecule has 0 saturated carbocycles. The van der Waals surface area contributed by atoms with Gasteiger partial charge in [0, 0.05) is 11.9 Å². The van der Waals surface area contributed by atoms with Crippen LogP contribution in [0.2, 0.25) is 0 Å². The molecule has 1 aromatic carbocycles. The van der Waals surface area contributed by atoms with Crippen molar-refractivity contribution in [3.05, 3.63) is 29.1 Å². The molecule has 0 amide bonds. The number of methoxy groups -OCH3 is 2. The molecule has 2 N–H and O–H groups in total. The summed E-state index contributed by atoms with van der Waals surface area (Å²) >= 11 is 6.47. The van der Waals surface area contributed by atoms with Gasteiger partial charge < -0.3 is 24.8 Å². The van der Waals surface area contributed by atoms with Gasteiger partial charge in [-0.3, -0.25) is 0 Å². The van der Waals surface area contributed by atoms with Gasteiger partial charge in [-0.1, -0.05) is 0 Å². The lowest BCUT2D eigenvalue weighted by Crippen LogP contribution is -2.24. The van der Waals surface area contributed by atoms with Crippen molar-refractivity contribution in [1.29, 1.82) is 0 Å². The Morgan fingerprint density at radius 3 is 2.52 bits per heavy atom. The molecular weight excluding hydrogens is 360 g/mol. The molecule has 0 saturated heterocycles. The molecule has 0 spiro atoms. The molecule has 0 atom stereocenters. The molecule has 1 heterocycles. The highest BCUT2D eigenvalue weighted by Crippen LogP contribution is 2.39. The SMILES string of the molecule is CCOC(=O)c1sc(-c2ccc(OC)c(OC)c2)cc1NC(=S)NC. The van der Waals surface area contributed by atoms with E-state index in [-0.39, 0.29) is 5.97 Å². The maximum absolute atomic E-state index is 12.2. The maximum Gasteiger partial charge on any atom is 0.350 e. The van der Waals surface area contributed by atoms with E-state index in [4.69, 9.17) is 26.4 Å². The first kappa shape index (κ1) is 19.0. The van der Waals surface area contributed by atoms with Crippen LogP contribution in [0.4, 0.5) is 5.69 Å². The number of hydrogen-bond acceptors (Lipinski definition) is 6. The number of thiophene rings is 1. The van der Waals surface area contributed by atoms with Gasteiger partial charge in [-0.25, -0.2) is 4.79 Å². The Kier molecular flexibility index (Phi) is 6.60. The van der Waals surface area contributed by atoms with Crippen molar-refractivity contribution in [3.8, 4) is 21.9 Å². The van der Waals surface area contributed by atoms with E-state index in [2.05, 4.69) is 10.6 Å². The van der Waals surface area contributed by atoms with Crippen LogP contribution in [0.25, 0.3) is 10.4 Å². The second-order valence-electron chi connectivity index (χ2n) is 4.85. The normalized spacial score (nSPS) is 10.1. The van der Waals surface area contributed by atoms with E-state index in [0.29, 0.717) is 33.8 Å². The first-order valence-electron chi connectivity index (χ1n) is 7.56. The van der Waals surface area contributed by atoms with Crippen molar-refractivity contribution in [1.82, 2.24) is 5.32 Å². The highest BCUT2D eigenvalue weighted by atomic mass is 32.1. The van der Waals surface area contributed by atoms with Gasteiger partial charge >= 0.3 is 5.97 Å². The van der Waals surface area contributed by atoms with Crippen molar-refractivity contribution in [2.45, 2.75) is 6.92 Å². The zero-order valence-electron chi connectivity index (χ0n) is 14.5. The van der Waals surface area contributed by atoms with E-state index in [1.54, 1.807) is 28.2 Å². The third-order valence-electron chi connectivity index (χ3n) is 3.34. The van der Waals surface area contributed by atoms with Crippen LogP contribution in [-0.2, 0) is 4.74 Å². The molecule has 2 rings (SSSR count). The monoisotopic (exact) mass is 380 g/mol. The highest BCUT2D eigenvalue weighted by molar-refractivity contribution is 7.80. The lowest BCUT2D eigenvalue weighted by atomic mass is 10.1. The largest absolute Gasteiger partial charge is 0.493 e. The van der Waals surface area contributed by atoms with Crippen LogP contribution in [0.3, 0.4) is 0 Å². The Morgan fingerprint density at radius 2 is 1.92 bits per heavy atom. The van der Waals surface area contributed by atoms with Crippen molar-refractivity contribution >= 4 is 40.3 Å². The van der Waals surface area contributed by atoms with E-state index >= 15 is 0 Å². The Morgan fingerprint density at radius 1 is 1.20 bits per heavy atom. The Bertz CT molecular complexity index is 774. The summed E-state index contributed by atoms with van der Waals surface area (Å²) in [6.45, 7) is 2.07. The lowest BCUT2D eigenvalue weighted by molar-refractivity contribution is 0.0533. The fraction of sp³-hybridized carbons (Fsp3) is 0.294. The molecule has 0 aliphatic carbocycles. The number of carbonyl (C=O) groups is 1. The number of anilines is 1. The zero-order valence-corrected chi connectivity index (χ0v) is 16.1. The number of carbonyl (C=O) groups excluding carboxylic acids is 1. The molecule has 134 valence electrons. The first-order chi connectivity index (χ1) is 12.0. The number of esters is 1. The summed E-state index contributed by atoms with van der Waals surface area (Å²) in [6, 6.07) is 7.45. The van der Waals surface area contributed by atoms with Crippen LogP contribution >= 0.6 is 23.6 Å². The van der Waals surface area contributed by atoms with Gasteiger partial charge in [0.2, 0.25) is 0 Å². The van der Waals surface area contributed by atoms with Crippen molar-refractivity contribution in [2.24, 2.45) is 0 Å². The average molecular weight is 380 g/mol. The van der Waals surface area contributed by atoms with Gasteiger partial charge in [-0.15, -0.1) is 11.3 Å². The molecule has 2 aromatic rings. The predicted octanol–water partition coefficient (Wildman–Crippen LogP) is 3.53. The molecule has 0 radical (unpaired) electrons. The standard InChI is InChI=1S/C17H20N2O4S2/c1-5-23-16(20)15-11(19-17(24)18-2)9-14(25-15)10-6-7-12(21-3)13(8-10)22-4/h6-9H,5H2,1-4H3,(H2,18,19,24). The van der Waals surface area contributed by atoms with Crippen LogP contribution in [0.5, 0.6) is 11.5 Å². The topological polar surface area (TPSA) is 68.8 Å². The van der Waals surface area contributed by atoms with E-state index < -0.39 is 0 Å². The predicted molar refractivity (Wildman–Crippen MR) is 104 cm³/mol. The van der Waals surface area contributed by atoms with Crippen LogP contribution in [-0.4, -0.2) is 39.0 Å². The number of benzene rings is 1. The molecule has 0 bridgehead atoms. The summed E-state index contributed by atoms with van der Waals surface area (Å²) in [6.07, 6.45) is 0. The molecule has 6 nitrogen and oxygen atoms in total. The van der Waals surface area contributed by atoms with Crippen LogP contribution in [0.15, 0.2) is 24.3 Å². The quantitative estimate of drug-likeness (QED) is 0.587. The third kappa shape index (κ3) is 4.40. The average Bonchev–Trinajstić information content (AvgIpc) is 3.04. The van der Waals surface area contributed by atoms with E-state index in [9.17, 15) is 4.79 Å². The Hall–Kier alpha value is -2.32. The number of hydrogen-bond donors (Lipinski definition) is 2. The van der Waals surface area contributed by atoms with E-state index in [1.807, 2.05) is 24.3 Å². The van der Waals surface area contributed by atoms with Gasteiger partial charge in [0.25, 0.3) is 0 Å². The minimum Gasteiger partial charge on any atom is -0.493 e. The van der Waals surface area contributed by atoms with E-state index in [0.717, 1.165) is 10.4 Å². The van der Waals surface area contributed by atoms with Crippen molar-refractivity contribution in [3.63, 3.8) is 0 Å². The molecule has 0 aliphatic heterocycles. The van der Waals surface area contributed by atoms with Crippen LogP contribution in [0, 0.1) is 0 Å². The number of nitrogens with one attached hydrogen (secondary N) is 2. The minimum atomic E-state index is -0.388. The number of rotatable bonds is 6. The fourth-order valence-electron chi connectivity index (χ4n) is 2.15. The van der Waals surface area contributed by atoms with Gasteiger partial charge in [-0.2, -0.15) is 0 Å². The number of thiocarbonyl (C=S) groups is 1. The van der Waals surface area contributed by atoms with Gasteiger partial charge in [-0.05, 0) is 49.0 Å². The lowest BCUT2D eigenvalue weighted by Gasteiger charge is -2.08. The second kappa shape index (κ2) is 8.68. The fourth-order valence-corrected chi connectivity index (χ4v) is 3.26. The van der Waals surface area contributed by atoms with Crippen LogP contribution < -0.4 is 20.1 Å². The molecule has 8 heteroatoms. The summed E-state index contributed by atoms with van der Waals surface area (Å²) in [4.78, 5) is 13.6. The van der Waals surface area contributed by atoms with Crippen molar-refractivity contribution in [2.75, 3.05) is 33.2 Å². The molecule has 0 fully saturated rings. The maximum atomic E-state index is 12.2. The molecule has 1 aromatic heterocycles. The second-order valence-corrected chi connectivity index (χ2v) is 6.31. The van der Waals surface area contributed by atoms with Gasteiger partial charge in [0.1, 0.15) is 4.88 Å². The third-order valence-corrected chi connectivity index (χ3v) is 4.81. The zero-order chi connectivity index (χ0) is 18.4. The number of ether oxygens (including phenoxy) is 3. The molecule has 25 heavy (non-hydrogen) atoms. The Balaban J connectivity index is 2.46. The summed E-state index contributed by atoms with van der Waals surface area (Å²) in [5.41, 5.74) is 1.50. The summed E-state index contributed by atoms with van der Waals surface area (Å²) in [5.74, 6) is 0.870. The van der Waals surface area contributed by atoms with Crippen molar-refractivity contribution < 1.29 is 19.0 Å². The minimum absolute atomic E-state index is 0.304. The summed E-state index contributed by atoms with van der Waals surface area (Å²) < 4.78 is 15.7. The van der Waals surface area contributed by atoms with Gasteiger partial charge in [0.15, 0.2) is 16.6 Å². The molecular formula is C17H20N2O4S2. The summed E-state index contributed by atoms with van der Waals surface area (Å²) in [5, 5.41) is 6.26.